The summed E-state index contributed by atoms with van der Waals surface area (Å²) in [5.74, 6) is -0.614. The molecule has 2 aromatic carbocycles. The van der Waals surface area contributed by atoms with Crippen molar-refractivity contribution in [2.75, 3.05) is 4.90 Å². The van der Waals surface area contributed by atoms with Gasteiger partial charge in [-0.1, -0.05) is 18.2 Å². The SMILES string of the molecule is Cc1cccc2c(CC3(C)NC(=O)N(c4ccc(S(=O)(=O)C(F)(F)F)cc4)C3=O)ccnc12. The number of aromatic nitrogens is 1. The second-order valence-corrected chi connectivity index (χ2v) is 9.91. The highest BCUT2D eigenvalue weighted by atomic mass is 32.2. The van der Waals surface area contributed by atoms with Crippen LogP contribution < -0.4 is 10.2 Å². The first kappa shape index (κ1) is 22.7. The molecule has 1 fully saturated rings. The zero-order valence-electron chi connectivity index (χ0n) is 17.5. The van der Waals surface area contributed by atoms with Crippen LogP contribution in [0.4, 0.5) is 23.7 Å². The first-order valence-electron chi connectivity index (χ1n) is 9.76. The van der Waals surface area contributed by atoms with Gasteiger partial charge in [0.1, 0.15) is 5.54 Å². The normalized spacial score (nSPS) is 19.2. The van der Waals surface area contributed by atoms with E-state index in [0.717, 1.165) is 39.1 Å². The highest BCUT2D eigenvalue weighted by Gasteiger charge is 2.49. The minimum absolute atomic E-state index is 0.0437. The van der Waals surface area contributed by atoms with Crippen molar-refractivity contribution in [1.29, 1.82) is 0 Å². The van der Waals surface area contributed by atoms with Crippen molar-refractivity contribution >= 4 is 38.4 Å². The second-order valence-electron chi connectivity index (χ2n) is 7.96. The number of fused-ring (bicyclic) bond motifs is 1. The molecule has 0 spiro atoms. The van der Waals surface area contributed by atoms with Gasteiger partial charge in [0.05, 0.1) is 16.1 Å². The number of urea groups is 1. The Hall–Kier alpha value is -3.47. The standard InChI is InChI=1S/C22H18F3N3O4S/c1-13-4-3-5-17-14(10-11-26-18(13)17)12-21(2)19(29)28(20(30)27-21)15-6-8-16(9-7-15)33(31,32)22(23,24)25/h3-11H,12H2,1-2H3,(H,27,30). The van der Waals surface area contributed by atoms with Crippen LogP contribution in [0.3, 0.4) is 0 Å². The predicted octanol–water partition coefficient (Wildman–Crippen LogP) is 3.89. The number of aryl methyl sites for hydroxylation is 1. The summed E-state index contributed by atoms with van der Waals surface area (Å²) in [5, 5.41) is 3.48. The third-order valence-electron chi connectivity index (χ3n) is 5.58. The van der Waals surface area contributed by atoms with Gasteiger partial charge in [-0.05, 0) is 55.3 Å². The van der Waals surface area contributed by atoms with E-state index in [9.17, 15) is 31.2 Å². The number of rotatable bonds is 4. The number of nitrogens with zero attached hydrogens (tertiary/aromatic N) is 2. The number of alkyl halides is 3. The van der Waals surface area contributed by atoms with Gasteiger partial charge < -0.3 is 5.32 Å². The van der Waals surface area contributed by atoms with Crippen LogP contribution in [0, 0.1) is 6.92 Å². The lowest BCUT2D eigenvalue weighted by molar-refractivity contribution is -0.121. The van der Waals surface area contributed by atoms with Gasteiger partial charge in [0.2, 0.25) is 0 Å². The Morgan fingerprint density at radius 3 is 2.36 bits per heavy atom. The predicted molar refractivity (Wildman–Crippen MR) is 114 cm³/mol. The molecule has 1 unspecified atom stereocenters. The zero-order chi connectivity index (χ0) is 24.2. The van der Waals surface area contributed by atoms with Crippen molar-refractivity contribution in [1.82, 2.24) is 10.3 Å². The Morgan fingerprint density at radius 1 is 1.06 bits per heavy atom. The van der Waals surface area contributed by atoms with Crippen LogP contribution in [-0.4, -0.2) is 36.4 Å². The number of anilines is 1. The molecule has 11 heteroatoms. The summed E-state index contributed by atoms with van der Waals surface area (Å²) in [4.78, 5) is 30.0. The third-order valence-corrected chi connectivity index (χ3v) is 7.08. The molecule has 1 aromatic heterocycles. The zero-order valence-corrected chi connectivity index (χ0v) is 18.3. The highest BCUT2D eigenvalue weighted by molar-refractivity contribution is 7.92. The van der Waals surface area contributed by atoms with Gasteiger partial charge in [-0.25, -0.2) is 18.1 Å². The molecule has 1 aliphatic heterocycles. The average molecular weight is 477 g/mol. The third kappa shape index (κ3) is 3.71. The van der Waals surface area contributed by atoms with E-state index in [2.05, 4.69) is 10.3 Å². The Bertz CT molecular complexity index is 1390. The molecule has 0 radical (unpaired) electrons. The summed E-state index contributed by atoms with van der Waals surface area (Å²) in [6.07, 6.45) is 1.77. The summed E-state index contributed by atoms with van der Waals surface area (Å²) in [5.41, 5.74) is -4.32. The van der Waals surface area contributed by atoms with Gasteiger partial charge in [-0.3, -0.25) is 9.78 Å². The molecular weight excluding hydrogens is 459 g/mol. The maximum absolute atomic E-state index is 13.2. The van der Waals surface area contributed by atoms with Crippen molar-refractivity contribution in [2.24, 2.45) is 0 Å². The van der Waals surface area contributed by atoms with E-state index < -0.39 is 37.7 Å². The number of benzene rings is 2. The quantitative estimate of drug-likeness (QED) is 0.575. The fourth-order valence-electron chi connectivity index (χ4n) is 3.86. The Labute approximate surface area is 187 Å². The van der Waals surface area contributed by atoms with E-state index in [1.165, 1.54) is 0 Å². The van der Waals surface area contributed by atoms with E-state index in [4.69, 9.17) is 0 Å². The van der Waals surface area contributed by atoms with Crippen molar-refractivity contribution in [3.8, 4) is 0 Å². The number of hydrogen-bond donors (Lipinski definition) is 1. The van der Waals surface area contributed by atoms with Gasteiger partial charge in [0.25, 0.3) is 15.7 Å². The van der Waals surface area contributed by atoms with Gasteiger partial charge in [-0.2, -0.15) is 13.2 Å². The van der Waals surface area contributed by atoms with E-state index >= 15 is 0 Å². The molecule has 7 nitrogen and oxygen atoms in total. The minimum Gasteiger partial charge on any atom is -0.323 e. The van der Waals surface area contributed by atoms with E-state index in [0.29, 0.717) is 12.1 Å². The van der Waals surface area contributed by atoms with Crippen LogP contribution in [0.25, 0.3) is 10.9 Å². The van der Waals surface area contributed by atoms with Gasteiger partial charge in [-0.15, -0.1) is 0 Å². The molecule has 0 saturated carbocycles. The first-order valence-corrected chi connectivity index (χ1v) is 11.2. The fourth-order valence-corrected chi connectivity index (χ4v) is 4.62. The molecule has 0 bridgehead atoms. The summed E-state index contributed by atoms with van der Waals surface area (Å²) < 4.78 is 61.4. The summed E-state index contributed by atoms with van der Waals surface area (Å²) in [6, 6.07) is 10.1. The molecule has 33 heavy (non-hydrogen) atoms. The van der Waals surface area contributed by atoms with Crippen LogP contribution in [0.5, 0.6) is 0 Å². The van der Waals surface area contributed by atoms with Crippen LogP contribution in [0.15, 0.2) is 59.6 Å². The van der Waals surface area contributed by atoms with E-state index in [1.54, 1.807) is 19.2 Å². The lowest BCUT2D eigenvalue weighted by Crippen LogP contribution is -2.46. The number of halogens is 3. The summed E-state index contributed by atoms with van der Waals surface area (Å²) in [6.45, 7) is 3.46. The van der Waals surface area contributed by atoms with Gasteiger partial charge in [0, 0.05) is 18.0 Å². The second kappa shape index (κ2) is 7.55. The number of carbonyl (C=O) groups excluding carboxylic acids is 2. The number of pyridine rings is 1. The molecule has 3 amide bonds. The van der Waals surface area contributed by atoms with Crippen LogP contribution in [0.2, 0.25) is 0 Å². The highest BCUT2D eigenvalue weighted by Crippen LogP contribution is 2.33. The Morgan fingerprint density at radius 2 is 1.73 bits per heavy atom. The largest absolute Gasteiger partial charge is 0.501 e. The van der Waals surface area contributed by atoms with E-state index in [1.807, 2.05) is 25.1 Å². The molecule has 1 aliphatic rings. The smallest absolute Gasteiger partial charge is 0.323 e. The topological polar surface area (TPSA) is 96.4 Å². The van der Waals surface area contributed by atoms with Crippen molar-refractivity contribution in [2.45, 2.75) is 36.2 Å². The minimum atomic E-state index is -5.54. The summed E-state index contributed by atoms with van der Waals surface area (Å²) in [7, 11) is -5.54. The number of imide groups is 1. The number of nitrogens with one attached hydrogen (secondary N) is 1. The molecule has 1 saturated heterocycles. The molecule has 2 heterocycles. The Balaban J connectivity index is 1.65. The molecule has 172 valence electrons. The van der Waals surface area contributed by atoms with Crippen molar-refractivity contribution in [3.05, 3.63) is 65.9 Å². The number of sulfone groups is 1. The molecule has 0 aliphatic carbocycles. The molecular formula is C22H18F3N3O4S. The van der Waals surface area contributed by atoms with Crippen molar-refractivity contribution in [3.63, 3.8) is 0 Å². The lowest BCUT2D eigenvalue weighted by atomic mass is 9.90. The molecule has 4 rings (SSSR count). The monoisotopic (exact) mass is 477 g/mol. The van der Waals surface area contributed by atoms with Gasteiger partial charge in [0.15, 0.2) is 0 Å². The lowest BCUT2D eigenvalue weighted by Gasteiger charge is -2.22. The fraction of sp³-hybridized carbons (Fsp3) is 0.227. The maximum Gasteiger partial charge on any atom is 0.501 e. The average Bonchev–Trinajstić information content (AvgIpc) is 2.96. The number of hydrogen-bond acceptors (Lipinski definition) is 5. The molecule has 3 aromatic rings. The van der Waals surface area contributed by atoms with E-state index in [-0.39, 0.29) is 12.1 Å². The van der Waals surface area contributed by atoms with Crippen molar-refractivity contribution < 1.29 is 31.2 Å². The van der Waals surface area contributed by atoms with Crippen LogP contribution >= 0.6 is 0 Å². The first-order chi connectivity index (χ1) is 15.3. The van der Waals surface area contributed by atoms with Crippen LogP contribution in [-0.2, 0) is 21.1 Å². The molecule has 1 atom stereocenters. The maximum atomic E-state index is 13.2. The Kier molecular flexibility index (Phi) is 5.19. The summed E-state index contributed by atoms with van der Waals surface area (Å²) >= 11 is 0. The number of para-hydroxylation sites is 1. The molecule has 1 N–H and O–H groups in total. The number of carbonyl (C=O) groups is 2. The van der Waals surface area contributed by atoms with Crippen LogP contribution in [0.1, 0.15) is 18.1 Å². The van der Waals surface area contributed by atoms with Gasteiger partial charge >= 0.3 is 11.5 Å². The number of amides is 3.